The highest BCUT2D eigenvalue weighted by molar-refractivity contribution is 8.00. The van der Waals surface area contributed by atoms with Crippen LogP contribution in [-0.4, -0.2) is 95.5 Å². The van der Waals surface area contributed by atoms with Crippen molar-refractivity contribution in [3.63, 3.8) is 0 Å². The summed E-state index contributed by atoms with van der Waals surface area (Å²) in [7, 11) is 0. The van der Waals surface area contributed by atoms with Crippen molar-refractivity contribution in [2.75, 3.05) is 89.9 Å². The number of hydrogen-bond acceptors (Lipinski definition) is 11. The minimum absolute atomic E-state index is 0.119. The van der Waals surface area contributed by atoms with E-state index in [1.54, 1.807) is 18.1 Å². The summed E-state index contributed by atoms with van der Waals surface area (Å²) < 4.78 is 20.3. The van der Waals surface area contributed by atoms with Gasteiger partial charge < -0.3 is 39.5 Å². The molecule has 2 aromatic heterocycles. The minimum atomic E-state index is -0.264. The molecule has 5 aliphatic heterocycles. The molecule has 1 atom stereocenters. The molecule has 64 heavy (non-hydrogen) atoms. The van der Waals surface area contributed by atoms with E-state index in [-0.39, 0.29) is 11.9 Å². The van der Waals surface area contributed by atoms with Crippen LogP contribution in [0.15, 0.2) is 97.6 Å². The molecule has 3 N–H and O–H groups in total. The van der Waals surface area contributed by atoms with Gasteiger partial charge >= 0.3 is 0 Å². The molecule has 0 aliphatic carbocycles. The third kappa shape index (κ3) is 7.96. The van der Waals surface area contributed by atoms with Gasteiger partial charge in [0.1, 0.15) is 10.8 Å². The van der Waals surface area contributed by atoms with Crippen LogP contribution in [0.3, 0.4) is 0 Å². The van der Waals surface area contributed by atoms with E-state index in [1.807, 2.05) is 24.3 Å². The van der Waals surface area contributed by atoms with Crippen LogP contribution in [-0.2, 0) is 6.42 Å². The van der Waals surface area contributed by atoms with Gasteiger partial charge in [0.25, 0.3) is 0 Å². The van der Waals surface area contributed by atoms with Crippen LogP contribution >= 0.6 is 23.5 Å². The van der Waals surface area contributed by atoms with E-state index in [4.69, 9.17) is 11.6 Å². The SMILES string of the molecule is C=C1CCC(n2c(=C)c3ccc(N4CC(C(=C)N5CCN(C6CCN(c7ccc(Nc8ncc(Cl)c(Nc9cccc%10c9N(SC)CC%10)n8)cc7F)CC6)CC5)C4)cc3c2=C)C(=C)N1. The van der Waals surface area contributed by atoms with E-state index in [0.717, 1.165) is 135 Å². The van der Waals surface area contributed by atoms with Crippen molar-refractivity contribution in [1.29, 1.82) is 0 Å². The number of fused-ring (bicyclic) bond motifs is 2. The first kappa shape index (κ1) is 42.3. The van der Waals surface area contributed by atoms with Crippen molar-refractivity contribution < 1.29 is 4.39 Å². The van der Waals surface area contributed by atoms with E-state index >= 15 is 4.39 Å². The second-order valence-electron chi connectivity index (χ2n) is 17.8. The molecule has 0 bridgehead atoms. The number of piperidine rings is 2. The Kier molecular flexibility index (Phi) is 11.5. The molecule has 0 spiro atoms. The Hall–Kier alpha value is -5.63. The van der Waals surface area contributed by atoms with Gasteiger partial charge in [-0.25, -0.2) is 9.37 Å². The maximum absolute atomic E-state index is 15.7. The highest BCUT2D eigenvalue weighted by Gasteiger charge is 2.35. The number of aromatic nitrogens is 3. The zero-order valence-corrected chi connectivity index (χ0v) is 38.3. The van der Waals surface area contributed by atoms with Crippen LogP contribution in [0.2, 0.25) is 5.02 Å². The van der Waals surface area contributed by atoms with Gasteiger partial charge in [-0.1, -0.05) is 74.6 Å². The second kappa shape index (κ2) is 17.4. The summed E-state index contributed by atoms with van der Waals surface area (Å²) in [6.45, 7) is 30.5. The molecular formula is C50H57ClFN11S. The number of nitrogens with one attached hydrogen (secondary N) is 3. The molecule has 0 amide bonds. The lowest BCUT2D eigenvalue weighted by molar-refractivity contribution is 0.0941. The maximum Gasteiger partial charge on any atom is 0.229 e. The largest absolute Gasteiger partial charge is 0.372 e. The topological polar surface area (TPSA) is 83.0 Å². The molecule has 5 aromatic rings. The fraction of sp³-hybridized carbons (Fsp3) is 0.360. The van der Waals surface area contributed by atoms with Gasteiger partial charge in [-0.2, -0.15) is 4.98 Å². The molecule has 14 heteroatoms. The molecule has 11 nitrogen and oxygen atoms in total. The van der Waals surface area contributed by atoms with Gasteiger partial charge in [-0.05, 0) is 74.1 Å². The number of allylic oxidation sites excluding steroid dienone is 2. The number of hydrogen-bond donors (Lipinski definition) is 3. The molecule has 10 rings (SSSR count). The lowest BCUT2D eigenvalue weighted by Crippen LogP contribution is -2.56. The predicted octanol–water partition coefficient (Wildman–Crippen LogP) is 8.36. The Bertz CT molecular complexity index is 2750. The number of nitrogens with zero attached hydrogens (tertiary/aromatic N) is 8. The molecule has 3 aromatic carbocycles. The zero-order valence-electron chi connectivity index (χ0n) is 36.7. The third-order valence-corrected chi connectivity index (χ3v) is 15.2. The van der Waals surface area contributed by atoms with Crippen LogP contribution in [0, 0.1) is 11.7 Å². The first-order chi connectivity index (χ1) is 31.0. The molecular weight excluding hydrogens is 841 g/mol. The van der Waals surface area contributed by atoms with Crippen molar-refractivity contribution >= 4 is 87.7 Å². The Morgan fingerprint density at radius 3 is 2.39 bits per heavy atom. The van der Waals surface area contributed by atoms with Crippen molar-refractivity contribution in [3.05, 3.63) is 125 Å². The number of halogens is 2. The summed E-state index contributed by atoms with van der Waals surface area (Å²) in [5, 5.41) is 14.6. The molecule has 4 fully saturated rings. The van der Waals surface area contributed by atoms with E-state index in [9.17, 15) is 0 Å². The molecule has 0 saturated carbocycles. The summed E-state index contributed by atoms with van der Waals surface area (Å²) in [4.78, 5) is 18.8. The monoisotopic (exact) mass is 897 g/mol. The van der Waals surface area contributed by atoms with E-state index < -0.39 is 0 Å². The third-order valence-electron chi connectivity index (χ3n) is 14.1. The fourth-order valence-corrected chi connectivity index (χ4v) is 11.3. The van der Waals surface area contributed by atoms with Gasteiger partial charge in [0.15, 0.2) is 5.82 Å². The molecule has 7 heterocycles. The predicted molar refractivity (Wildman–Crippen MR) is 266 cm³/mol. The molecule has 4 saturated heterocycles. The number of para-hydroxylation sites is 1. The zero-order chi connectivity index (χ0) is 44.2. The van der Waals surface area contributed by atoms with Crippen molar-refractivity contribution in [1.82, 2.24) is 29.7 Å². The first-order valence-corrected chi connectivity index (χ1v) is 24.0. The van der Waals surface area contributed by atoms with Gasteiger partial charge in [0, 0.05) is 127 Å². The van der Waals surface area contributed by atoms with Crippen molar-refractivity contribution in [2.24, 2.45) is 5.92 Å². The van der Waals surface area contributed by atoms with Gasteiger partial charge in [-0.15, -0.1) is 0 Å². The Labute approximate surface area is 384 Å². The lowest BCUT2D eigenvalue weighted by Gasteiger charge is -2.48. The first-order valence-electron chi connectivity index (χ1n) is 22.5. The molecule has 5 aliphatic rings. The average Bonchev–Trinajstić information content (AvgIpc) is 3.82. The van der Waals surface area contributed by atoms with Gasteiger partial charge in [-0.3, -0.25) is 4.90 Å². The molecule has 332 valence electrons. The molecule has 0 radical (unpaired) electrons. The van der Waals surface area contributed by atoms with Gasteiger partial charge in [0.2, 0.25) is 5.95 Å². The highest BCUT2D eigenvalue weighted by atomic mass is 35.5. The van der Waals surface area contributed by atoms with Crippen molar-refractivity contribution in [3.8, 4) is 0 Å². The van der Waals surface area contributed by atoms with E-state index in [0.29, 0.717) is 40.1 Å². The Balaban J connectivity index is 0.694. The van der Waals surface area contributed by atoms with Gasteiger partial charge in [0.05, 0.1) is 29.3 Å². The van der Waals surface area contributed by atoms with Crippen LogP contribution in [0.1, 0.15) is 37.3 Å². The molecule has 1 unspecified atom stereocenters. The van der Waals surface area contributed by atoms with Crippen LogP contribution in [0.25, 0.3) is 23.9 Å². The Morgan fingerprint density at radius 2 is 1.64 bits per heavy atom. The normalized spacial score (nSPS) is 19.8. The second-order valence-corrected chi connectivity index (χ2v) is 19.0. The number of anilines is 7. The summed E-state index contributed by atoms with van der Waals surface area (Å²) in [5.41, 5.74) is 9.02. The standard InChI is InChI=1S/C50H57ClFN11S/c1-31-10-14-46(32(2)54-31)63-34(4)41-13-12-40(27-42(41)35(63)5)61-29-37(30-61)33(3)58-22-24-59(25-23-58)39-17-19-60(20-18-39)47-15-11-38(26-44(47)52)55-50-53-28-43(51)49(57-50)56-45-9-7-8-36-16-21-62(64-6)48(36)45/h7-9,11-13,15,26-28,37,39,46,54H,1-5,10,14,16-25,29-30H2,6H3,(H2,53,55,56,57). The van der Waals surface area contributed by atoms with Crippen LogP contribution in [0.4, 0.5) is 44.6 Å². The lowest BCUT2D eigenvalue weighted by atomic mass is 9.94. The van der Waals surface area contributed by atoms with Crippen molar-refractivity contribution in [2.45, 2.75) is 44.2 Å². The smallest absolute Gasteiger partial charge is 0.229 e. The van der Waals surface area contributed by atoms with E-state index in [2.05, 4.69) is 118 Å². The maximum atomic E-state index is 15.7. The fourth-order valence-electron chi connectivity index (χ4n) is 10.5. The minimum Gasteiger partial charge on any atom is -0.372 e. The number of piperazine rings is 1. The van der Waals surface area contributed by atoms with Crippen LogP contribution in [0.5, 0.6) is 0 Å². The number of benzene rings is 3. The number of rotatable bonds is 11. The highest BCUT2D eigenvalue weighted by Crippen LogP contribution is 2.41. The summed E-state index contributed by atoms with van der Waals surface area (Å²) in [6, 6.07) is 18.8. The van der Waals surface area contributed by atoms with E-state index in [1.165, 1.54) is 23.0 Å². The summed E-state index contributed by atoms with van der Waals surface area (Å²) in [5.74, 6) is 1.00. The van der Waals surface area contributed by atoms with Crippen LogP contribution < -0.4 is 40.8 Å². The quantitative estimate of drug-likeness (QED) is 0.112. The average molecular weight is 899 g/mol. The Morgan fingerprint density at radius 1 is 0.859 bits per heavy atom. The summed E-state index contributed by atoms with van der Waals surface area (Å²) >= 11 is 8.24. The summed E-state index contributed by atoms with van der Waals surface area (Å²) in [6.07, 6.45) is 8.50.